The van der Waals surface area contributed by atoms with Crippen LogP contribution in [0.2, 0.25) is 0 Å². The molecule has 6 rings (SSSR count). The van der Waals surface area contributed by atoms with E-state index in [4.69, 9.17) is 23.7 Å². The number of fused-ring (bicyclic) bond motifs is 1. The Morgan fingerprint density at radius 1 is 0.837 bits per heavy atom. The lowest BCUT2D eigenvalue weighted by atomic mass is 9.69. The van der Waals surface area contributed by atoms with Crippen molar-refractivity contribution < 1.29 is 23.7 Å². The van der Waals surface area contributed by atoms with Crippen LogP contribution in [0.5, 0.6) is 5.75 Å². The first-order chi connectivity index (χ1) is 20.8. The van der Waals surface area contributed by atoms with E-state index in [0.717, 1.165) is 44.5 Å². The van der Waals surface area contributed by atoms with Crippen LogP contribution in [0.3, 0.4) is 0 Å². The molecule has 1 aliphatic carbocycles. The van der Waals surface area contributed by atoms with Crippen LogP contribution >= 0.6 is 0 Å². The van der Waals surface area contributed by atoms with Gasteiger partial charge in [-0.3, -0.25) is 0 Å². The molecule has 2 atom stereocenters. The van der Waals surface area contributed by atoms with Gasteiger partial charge >= 0.3 is 0 Å². The smallest absolute Gasteiger partial charge is 0.171 e. The molecule has 6 nitrogen and oxygen atoms in total. The lowest BCUT2D eigenvalue weighted by Gasteiger charge is -2.46. The summed E-state index contributed by atoms with van der Waals surface area (Å²) >= 11 is 0. The molecule has 2 heterocycles. The van der Waals surface area contributed by atoms with Crippen LogP contribution < -0.4 is 9.64 Å². The molecule has 2 saturated heterocycles. The third kappa shape index (κ3) is 6.63. The summed E-state index contributed by atoms with van der Waals surface area (Å²) in [5.74, 6) is 1.29. The van der Waals surface area contributed by atoms with Crippen LogP contribution in [0.4, 0.5) is 5.69 Å². The molecule has 0 saturated carbocycles. The summed E-state index contributed by atoms with van der Waals surface area (Å²) in [4.78, 5) is 2.46. The van der Waals surface area contributed by atoms with Crippen LogP contribution in [0.25, 0.3) is 0 Å². The van der Waals surface area contributed by atoms with Crippen LogP contribution in [0.15, 0.2) is 72.8 Å². The third-order valence-electron chi connectivity index (χ3n) is 9.34. The van der Waals surface area contributed by atoms with Gasteiger partial charge in [0.05, 0.1) is 19.1 Å². The fourth-order valence-electron chi connectivity index (χ4n) is 7.22. The van der Waals surface area contributed by atoms with E-state index in [1.54, 1.807) is 14.2 Å². The van der Waals surface area contributed by atoms with Crippen molar-refractivity contribution in [3.8, 4) is 5.75 Å². The number of aryl methyl sites for hydroxylation is 1. The van der Waals surface area contributed by atoms with Crippen molar-refractivity contribution in [3.05, 3.63) is 95.1 Å². The zero-order valence-electron chi connectivity index (χ0n) is 26.4. The molecule has 0 amide bonds. The van der Waals surface area contributed by atoms with E-state index in [0.29, 0.717) is 25.0 Å². The normalized spacial score (nSPS) is 22.5. The number of rotatable bonds is 7. The van der Waals surface area contributed by atoms with Crippen molar-refractivity contribution in [1.82, 2.24) is 0 Å². The Bertz CT molecular complexity index is 1330. The molecule has 2 fully saturated rings. The van der Waals surface area contributed by atoms with Crippen molar-refractivity contribution in [2.24, 2.45) is 5.92 Å². The van der Waals surface area contributed by atoms with Gasteiger partial charge < -0.3 is 28.6 Å². The summed E-state index contributed by atoms with van der Waals surface area (Å²) in [7, 11) is 3.33. The Balaban J connectivity index is 1.18. The van der Waals surface area contributed by atoms with E-state index in [1.165, 1.54) is 27.9 Å². The molecule has 43 heavy (non-hydrogen) atoms. The highest BCUT2D eigenvalue weighted by Crippen LogP contribution is 2.47. The molecule has 3 aliphatic rings. The Labute approximate surface area is 257 Å². The molecule has 3 aromatic rings. The minimum atomic E-state index is -0.497. The molecule has 0 radical (unpaired) electrons. The van der Waals surface area contributed by atoms with Crippen LogP contribution in [-0.2, 0) is 25.4 Å². The maximum Gasteiger partial charge on any atom is 0.171 e. The van der Waals surface area contributed by atoms with Crippen molar-refractivity contribution >= 4 is 5.69 Å². The van der Waals surface area contributed by atoms with Gasteiger partial charge in [-0.2, -0.15) is 0 Å². The molecule has 0 N–H and O–H groups in total. The van der Waals surface area contributed by atoms with E-state index < -0.39 is 5.79 Å². The Hall–Kier alpha value is -2.90. The predicted molar refractivity (Wildman–Crippen MR) is 170 cm³/mol. The number of nitrogens with zero attached hydrogens (tertiary/aromatic N) is 1. The van der Waals surface area contributed by atoms with Gasteiger partial charge in [0.15, 0.2) is 12.1 Å². The average molecular weight is 586 g/mol. The predicted octanol–water partition coefficient (Wildman–Crippen LogP) is 7.30. The molecule has 0 unspecified atom stereocenters. The summed E-state index contributed by atoms with van der Waals surface area (Å²) in [6.45, 7) is 9.31. The summed E-state index contributed by atoms with van der Waals surface area (Å²) in [5.41, 5.74) is 6.65. The molecule has 2 aliphatic heterocycles. The summed E-state index contributed by atoms with van der Waals surface area (Å²) < 4.78 is 29.7. The monoisotopic (exact) mass is 585 g/mol. The number of hydrogen-bond donors (Lipinski definition) is 0. The zero-order chi connectivity index (χ0) is 30.0. The number of benzene rings is 3. The molecule has 3 aromatic carbocycles. The van der Waals surface area contributed by atoms with Crippen LogP contribution in [-0.4, -0.2) is 58.2 Å². The van der Waals surface area contributed by atoms with Crippen molar-refractivity contribution in [2.45, 2.75) is 76.0 Å². The van der Waals surface area contributed by atoms with Gasteiger partial charge in [-0.05, 0) is 86.1 Å². The molecule has 0 aromatic heterocycles. The van der Waals surface area contributed by atoms with E-state index in [1.807, 2.05) is 0 Å². The van der Waals surface area contributed by atoms with Gasteiger partial charge in [0.2, 0.25) is 0 Å². The number of piperidine rings is 1. The summed E-state index contributed by atoms with van der Waals surface area (Å²) in [6.07, 6.45) is 3.57. The Morgan fingerprint density at radius 2 is 1.51 bits per heavy atom. The van der Waals surface area contributed by atoms with Gasteiger partial charge in [-0.15, -0.1) is 0 Å². The highest BCUT2D eigenvalue weighted by molar-refractivity contribution is 5.53. The van der Waals surface area contributed by atoms with E-state index >= 15 is 0 Å². The van der Waals surface area contributed by atoms with Crippen molar-refractivity contribution in [2.75, 3.05) is 45.4 Å². The van der Waals surface area contributed by atoms with Crippen LogP contribution in [0.1, 0.15) is 74.1 Å². The number of anilines is 1. The first-order valence-electron chi connectivity index (χ1n) is 15.8. The lowest BCUT2D eigenvalue weighted by molar-refractivity contribution is -0.314. The van der Waals surface area contributed by atoms with Gasteiger partial charge in [0.25, 0.3) is 0 Å². The van der Waals surface area contributed by atoms with Crippen molar-refractivity contribution in [1.29, 1.82) is 0 Å². The van der Waals surface area contributed by atoms with Gasteiger partial charge in [-0.25, -0.2) is 0 Å². The largest absolute Gasteiger partial charge is 0.488 e. The molecule has 0 bridgehead atoms. The van der Waals surface area contributed by atoms with E-state index in [9.17, 15) is 0 Å². The maximum absolute atomic E-state index is 6.29. The number of methoxy groups -OCH3 is 2. The quantitative estimate of drug-likeness (QED) is 0.271. The fourth-order valence-corrected chi connectivity index (χ4v) is 7.22. The molecule has 230 valence electrons. The second kappa shape index (κ2) is 12.6. The Morgan fingerprint density at radius 3 is 2.14 bits per heavy atom. The molecular formula is C37H47NO5. The molecular weight excluding hydrogens is 538 g/mol. The highest BCUT2D eigenvalue weighted by Gasteiger charge is 2.42. The second-order valence-corrected chi connectivity index (χ2v) is 13.3. The average Bonchev–Trinajstić information content (AvgIpc) is 3.02. The Kier molecular flexibility index (Phi) is 8.84. The first-order valence-corrected chi connectivity index (χ1v) is 15.8. The third-order valence-corrected chi connectivity index (χ3v) is 9.34. The highest BCUT2D eigenvalue weighted by atomic mass is 16.7. The summed E-state index contributed by atoms with van der Waals surface area (Å²) in [5, 5.41) is 0. The van der Waals surface area contributed by atoms with Gasteiger partial charge in [0.1, 0.15) is 11.4 Å². The standard InChI is InChI=1S/C37H47NO5/c1-36(2,3)43-31-16-18-33-28(23-31)13-17-32(26-9-7-6-8-10-26)34(33)27-11-14-30(15-12-27)38-21-19-37(20-22-38)41-24-29(25-42-37)35(39-4)40-5/h6-12,14-16,18,23,29,32,34-35H,13,17,19-22,24-25H2,1-5H3/t32-,34+/m1/s1. The molecule has 1 spiro atoms. The van der Waals surface area contributed by atoms with Crippen molar-refractivity contribution in [3.63, 3.8) is 0 Å². The minimum absolute atomic E-state index is 0.0911. The SMILES string of the molecule is COC(OC)C1COC2(CCN(c3ccc([C@@H]4c5ccc(OC(C)(C)C)cc5CC[C@@H]4c4ccccc4)cc3)CC2)OC1. The van der Waals surface area contributed by atoms with E-state index in [-0.39, 0.29) is 17.8 Å². The van der Waals surface area contributed by atoms with Gasteiger partial charge in [-0.1, -0.05) is 48.5 Å². The minimum Gasteiger partial charge on any atom is -0.488 e. The van der Waals surface area contributed by atoms with E-state index in [2.05, 4.69) is 98.5 Å². The first kappa shape index (κ1) is 30.1. The van der Waals surface area contributed by atoms with Crippen LogP contribution in [0, 0.1) is 5.92 Å². The molecule has 6 heteroatoms. The lowest BCUT2D eigenvalue weighted by Crippen LogP contribution is -2.53. The number of ether oxygens (including phenoxy) is 5. The maximum atomic E-state index is 6.29. The number of hydrogen-bond acceptors (Lipinski definition) is 6. The fraction of sp³-hybridized carbons (Fsp3) is 0.514. The zero-order valence-corrected chi connectivity index (χ0v) is 26.4. The summed E-state index contributed by atoms with van der Waals surface area (Å²) in [6, 6.07) is 27.1. The topological polar surface area (TPSA) is 49.4 Å². The second-order valence-electron chi connectivity index (χ2n) is 13.3. The van der Waals surface area contributed by atoms with Gasteiger partial charge in [0, 0.05) is 51.8 Å².